The van der Waals surface area contributed by atoms with E-state index < -0.39 is 0 Å². The van der Waals surface area contributed by atoms with Crippen LogP contribution in [0, 0.1) is 0 Å². The molecule has 0 amide bonds. The Balaban J connectivity index is 2.11. The van der Waals surface area contributed by atoms with Crippen molar-refractivity contribution in [2.45, 2.75) is 19.1 Å². The zero-order valence-corrected chi connectivity index (χ0v) is 6.86. The van der Waals surface area contributed by atoms with Gasteiger partial charge in [0.2, 0.25) is 0 Å². The Morgan fingerprint density at radius 2 is 2.00 bits per heavy atom. The molecule has 1 heterocycles. The molecule has 0 aromatic heterocycles. The van der Waals surface area contributed by atoms with E-state index in [1.807, 2.05) is 30.3 Å². The lowest BCUT2D eigenvalue weighted by Gasteiger charge is -1.91. The lowest BCUT2D eigenvalue weighted by molar-refractivity contribution is -0.118. The first kappa shape index (κ1) is 7.50. The van der Waals surface area contributed by atoms with Gasteiger partial charge < -0.3 is 4.74 Å². The summed E-state index contributed by atoms with van der Waals surface area (Å²) in [6.45, 7) is 1.56. The molecule has 2 rings (SSSR count). The highest BCUT2D eigenvalue weighted by Gasteiger charge is 2.43. The number of carbonyl (C=O) groups excluding carboxylic acids is 1. The van der Waals surface area contributed by atoms with Crippen LogP contribution in [0.15, 0.2) is 30.3 Å². The zero-order valence-electron chi connectivity index (χ0n) is 6.86. The summed E-state index contributed by atoms with van der Waals surface area (Å²) in [5.74, 6) is 0.115. The SMILES string of the molecule is CC(=O)C1O[C@H]1c1ccccc1. The average Bonchev–Trinajstić information content (AvgIpc) is 2.84. The molecule has 2 atom stereocenters. The monoisotopic (exact) mass is 162 g/mol. The van der Waals surface area contributed by atoms with Gasteiger partial charge in [-0.3, -0.25) is 4.79 Å². The Bertz CT molecular complexity index is 292. The third-order valence-corrected chi connectivity index (χ3v) is 2.02. The van der Waals surface area contributed by atoms with Gasteiger partial charge in [0.15, 0.2) is 5.78 Å². The first-order valence-corrected chi connectivity index (χ1v) is 4.00. The molecule has 1 unspecified atom stereocenters. The van der Waals surface area contributed by atoms with E-state index in [0.29, 0.717) is 0 Å². The largest absolute Gasteiger partial charge is 0.356 e. The third-order valence-electron chi connectivity index (χ3n) is 2.02. The molecule has 0 saturated carbocycles. The number of Topliss-reactive ketones (excluding diaryl/α,β-unsaturated/α-hetero) is 1. The van der Waals surface area contributed by atoms with Gasteiger partial charge in [0.1, 0.15) is 12.2 Å². The Hall–Kier alpha value is -1.15. The Kier molecular flexibility index (Phi) is 1.70. The zero-order chi connectivity index (χ0) is 8.55. The maximum atomic E-state index is 10.9. The fourth-order valence-electron chi connectivity index (χ4n) is 1.32. The predicted molar refractivity (Wildman–Crippen MR) is 44.7 cm³/mol. The van der Waals surface area contributed by atoms with Crippen LogP contribution in [-0.4, -0.2) is 11.9 Å². The maximum absolute atomic E-state index is 10.9. The number of rotatable bonds is 2. The van der Waals surface area contributed by atoms with E-state index in [4.69, 9.17) is 4.74 Å². The predicted octanol–water partition coefficient (Wildman–Crippen LogP) is 1.72. The molecule has 1 aromatic carbocycles. The highest BCUT2D eigenvalue weighted by Crippen LogP contribution is 2.38. The Morgan fingerprint density at radius 3 is 2.50 bits per heavy atom. The lowest BCUT2D eigenvalue weighted by Crippen LogP contribution is -2.00. The maximum Gasteiger partial charge on any atom is 0.161 e. The molecule has 62 valence electrons. The van der Waals surface area contributed by atoms with Crippen molar-refractivity contribution in [3.05, 3.63) is 35.9 Å². The molecule has 2 nitrogen and oxygen atoms in total. The normalized spacial score (nSPS) is 26.8. The summed E-state index contributed by atoms with van der Waals surface area (Å²) < 4.78 is 5.21. The minimum absolute atomic E-state index is 0.0173. The van der Waals surface area contributed by atoms with E-state index in [0.717, 1.165) is 5.56 Å². The minimum atomic E-state index is -0.188. The number of benzene rings is 1. The molecule has 12 heavy (non-hydrogen) atoms. The average molecular weight is 162 g/mol. The van der Waals surface area contributed by atoms with Gasteiger partial charge in [0.25, 0.3) is 0 Å². The van der Waals surface area contributed by atoms with Crippen LogP contribution in [0.4, 0.5) is 0 Å². The molecule has 0 bridgehead atoms. The van der Waals surface area contributed by atoms with Gasteiger partial charge in [-0.2, -0.15) is 0 Å². The second-order valence-electron chi connectivity index (χ2n) is 3.00. The molecule has 0 radical (unpaired) electrons. The first-order chi connectivity index (χ1) is 5.79. The number of hydrogen-bond donors (Lipinski definition) is 0. The van der Waals surface area contributed by atoms with Crippen molar-refractivity contribution in [3.63, 3.8) is 0 Å². The summed E-state index contributed by atoms with van der Waals surface area (Å²) in [7, 11) is 0. The molecule has 1 aliphatic rings. The van der Waals surface area contributed by atoms with Crippen molar-refractivity contribution in [3.8, 4) is 0 Å². The van der Waals surface area contributed by atoms with E-state index in [1.165, 1.54) is 0 Å². The smallest absolute Gasteiger partial charge is 0.161 e. The summed E-state index contributed by atoms with van der Waals surface area (Å²) >= 11 is 0. The summed E-state index contributed by atoms with van der Waals surface area (Å²) in [4.78, 5) is 10.9. The van der Waals surface area contributed by atoms with Crippen molar-refractivity contribution in [1.82, 2.24) is 0 Å². The van der Waals surface area contributed by atoms with Gasteiger partial charge in [-0.15, -0.1) is 0 Å². The lowest BCUT2D eigenvalue weighted by atomic mass is 10.1. The van der Waals surface area contributed by atoms with Crippen LogP contribution < -0.4 is 0 Å². The summed E-state index contributed by atoms with van der Waals surface area (Å²) in [5.41, 5.74) is 1.10. The van der Waals surface area contributed by atoms with Crippen molar-refractivity contribution >= 4 is 5.78 Å². The second-order valence-corrected chi connectivity index (χ2v) is 3.00. The number of ether oxygens (including phenoxy) is 1. The molecule has 1 aliphatic heterocycles. The molecule has 0 N–H and O–H groups in total. The van der Waals surface area contributed by atoms with E-state index >= 15 is 0 Å². The third kappa shape index (κ3) is 1.25. The first-order valence-electron chi connectivity index (χ1n) is 4.00. The van der Waals surface area contributed by atoms with Gasteiger partial charge >= 0.3 is 0 Å². The van der Waals surface area contributed by atoms with Gasteiger partial charge in [-0.1, -0.05) is 30.3 Å². The van der Waals surface area contributed by atoms with Crippen LogP contribution in [0.1, 0.15) is 18.6 Å². The van der Waals surface area contributed by atoms with Crippen LogP contribution in [0.2, 0.25) is 0 Å². The molecule has 0 spiro atoms. The van der Waals surface area contributed by atoms with E-state index in [2.05, 4.69) is 0 Å². The van der Waals surface area contributed by atoms with Gasteiger partial charge in [-0.25, -0.2) is 0 Å². The van der Waals surface area contributed by atoms with Crippen molar-refractivity contribution < 1.29 is 9.53 Å². The molecule has 1 fully saturated rings. The summed E-state index contributed by atoms with van der Waals surface area (Å²) in [6, 6.07) is 9.82. The van der Waals surface area contributed by atoms with Crippen molar-refractivity contribution in [2.24, 2.45) is 0 Å². The second kappa shape index (κ2) is 2.72. The van der Waals surface area contributed by atoms with Crippen LogP contribution in [0.25, 0.3) is 0 Å². The number of hydrogen-bond acceptors (Lipinski definition) is 2. The van der Waals surface area contributed by atoms with Crippen molar-refractivity contribution in [2.75, 3.05) is 0 Å². The van der Waals surface area contributed by atoms with Crippen LogP contribution in [0.3, 0.4) is 0 Å². The Labute approximate surface area is 71.2 Å². The molecule has 2 heteroatoms. The molecule has 0 aliphatic carbocycles. The molecule has 1 aromatic rings. The van der Waals surface area contributed by atoms with Crippen LogP contribution in [0.5, 0.6) is 0 Å². The molecular formula is C10H10O2. The Morgan fingerprint density at radius 1 is 1.33 bits per heavy atom. The highest BCUT2D eigenvalue weighted by atomic mass is 16.6. The topological polar surface area (TPSA) is 29.6 Å². The summed E-state index contributed by atoms with van der Waals surface area (Å²) in [6.07, 6.45) is -0.170. The quantitative estimate of drug-likeness (QED) is 0.619. The van der Waals surface area contributed by atoms with Crippen molar-refractivity contribution in [1.29, 1.82) is 0 Å². The van der Waals surface area contributed by atoms with E-state index in [9.17, 15) is 4.79 Å². The van der Waals surface area contributed by atoms with E-state index in [1.54, 1.807) is 6.92 Å². The van der Waals surface area contributed by atoms with Gasteiger partial charge in [0, 0.05) is 0 Å². The summed E-state index contributed by atoms with van der Waals surface area (Å²) in [5, 5.41) is 0. The number of carbonyl (C=O) groups is 1. The standard InChI is InChI=1S/C10H10O2/c1-7(11)9-10(12-9)8-5-3-2-4-6-8/h2-6,9-10H,1H3/t9?,10-/m0/s1. The molecule has 1 saturated heterocycles. The van der Waals surface area contributed by atoms with E-state index in [-0.39, 0.29) is 18.0 Å². The fraction of sp³-hybridized carbons (Fsp3) is 0.300. The fourth-order valence-corrected chi connectivity index (χ4v) is 1.32. The molecular weight excluding hydrogens is 152 g/mol. The van der Waals surface area contributed by atoms with Crippen LogP contribution in [-0.2, 0) is 9.53 Å². The number of ketones is 1. The van der Waals surface area contributed by atoms with Gasteiger partial charge in [0.05, 0.1) is 0 Å². The minimum Gasteiger partial charge on any atom is -0.356 e. The highest BCUT2D eigenvalue weighted by molar-refractivity contribution is 5.83. The van der Waals surface area contributed by atoms with Gasteiger partial charge in [-0.05, 0) is 12.5 Å². The van der Waals surface area contributed by atoms with Crippen LogP contribution >= 0.6 is 0 Å². The number of epoxide rings is 1.